The monoisotopic (exact) mass is 322 g/mol. The van der Waals surface area contributed by atoms with Gasteiger partial charge in [0.2, 0.25) is 0 Å². The molecule has 0 spiro atoms. The molecule has 0 saturated carbocycles. The molecule has 0 radical (unpaired) electrons. The Balaban J connectivity index is 4.16. The van der Waals surface area contributed by atoms with Crippen molar-refractivity contribution in [1.82, 2.24) is 0 Å². The van der Waals surface area contributed by atoms with E-state index in [0.29, 0.717) is 6.42 Å². The highest BCUT2D eigenvalue weighted by molar-refractivity contribution is 5.69. The number of carbonyl (C=O) groups is 1. The standard InChI is InChI=1S/C14H26O8/c1-2-3-4-5-6-11(18)22-8-10(17)13(20)14(21)12(19)9(16)7-15/h3-4,9-10,12-17,19-21H,2,5-8H2,1H3/b4-3-/t9-,10-,12-,13-,14-/m1/s1. The normalized spacial score (nSPS) is 18.7. The highest BCUT2D eigenvalue weighted by Crippen LogP contribution is 2.09. The van der Waals surface area contributed by atoms with Crippen LogP contribution in [-0.4, -0.2) is 80.3 Å². The first-order chi connectivity index (χ1) is 10.3. The Morgan fingerprint density at radius 3 is 2.14 bits per heavy atom. The van der Waals surface area contributed by atoms with Gasteiger partial charge >= 0.3 is 5.97 Å². The predicted molar refractivity (Wildman–Crippen MR) is 76.7 cm³/mol. The van der Waals surface area contributed by atoms with Gasteiger partial charge in [-0.15, -0.1) is 0 Å². The lowest BCUT2D eigenvalue weighted by Crippen LogP contribution is -2.51. The van der Waals surface area contributed by atoms with Crippen LogP contribution in [0.1, 0.15) is 26.2 Å². The summed E-state index contributed by atoms with van der Waals surface area (Å²) < 4.78 is 4.73. The highest BCUT2D eigenvalue weighted by Gasteiger charge is 2.34. The number of rotatable bonds is 11. The van der Waals surface area contributed by atoms with Gasteiger partial charge in [0.25, 0.3) is 0 Å². The largest absolute Gasteiger partial charge is 0.463 e. The second-order valence-electron chi connectivity index (χ2n) is 4.89. The molecule has 0 fully saturated rings. The third-order valence-corrected chi connectivity index (χ3v) is 3.01. The summed E-state index contributed by atoms with van der Waals surface area (Å²) in [6.07, 6.45) is -3.69. The molecule has 0 aromatic rings. The van der Waals surface area contributed by atoms with Crippen LogP contribution in [0.5, 0.6) is 0 Å². The SMILES string of the molecule is CC/C=C\CCC(=O)OC[C@@H](O)[C@@H](O)[C@H](O)[C@H](O)[C@H](O)CO. The molecule has 0 aliphatic heterocycles. The van der Waals surface area contributed by atoms with Crippen LogP contribution >= 0.6 is 0 Å². The smallest absolute Gasteiger partial charge is 0.306 e. The maximum Gasteiger partial charge on any atom is 0.306 e. The lowest BCUT2D eigenvalue weighted by Gasteiger charge is -2.28. The van der Waals surface area contributed by atoms with Crippen molar-refractivity contribution in [2.24, 2.45) is 0 Å². The number of ether oxygens (including phenoxy) is 1. The topological polar surface area (TPSA) is 148 Å². The van der Waals surface area contributed by atoms with E-state index in [2.05, 4.69) is 0 Å². The Morgan fingerprint density at radius 2 is 1.59 bits per heavy atom. The van der Waals surface area contributed by atoms with Crippen LogP contribution in [0.3, 0.4) is 0 Å². The van der Waals surface area contributed by atoms with E-state index < -0.39 is 49.7 Å². The van der Waals surface area contributed by atoms with Crippen molar-refractivity contribution in [3.63, 3.8) is 0 Å². The molecule has 8 nitrogen and oxygen atoms in total. The fraction of sp³-hybridized carbons (Fsp3) is 0.786. The maximum atomic E-state index is 11.4. The minimum absolute atomic E-state index is 0.119. The molecule has 0 aromatic heterocycles. The van der Waals surface area contributed by atoms with Gasteiger partial charge in [0.05, 0.1) is 6.61 Å². The average Bonchev–Trinajstić information content (AvgIpc) is 2.53. The minimum atomic E-state index is -1.90. The van der Waals surface area contributed by atoms with Gasteiger partial charge in [0, 0.05) is 6.42 Å². The molecule has 0 aliphatic rings. The summed E-state index contributed by atoms with van der Waals surface area (Å²) in [4.78, 5) is 11.4. The zero-order valence-electron chi connectivity index (χ0n) is 12.6. The first-order valence-electron chi connectivity index (χ1n) is 7.16. The Labute approximate surface area is 129 Å². The first-order valence-corrected chi connectivity index (χ1v) is 7.16. The van der Waals surface area contributed by atoms with E-state index in [9.17, 15) is 25.2 Å². The molecule has 0 aliphatic carbocycles. The summed E-state index contributed by atoms with van der Waals surface area (Å²) in [6.45, 7) is 0.581. The molecule has 0 rings (SSSR count). The lowest BCUT2D eigenvalue weighted by atomic mass is 10.00. The number of carbonyl (C=O) groups excluding carboxylic acids is 1. The summed E-state index contributed by atoms with van der Waals surface area (Å²) in [5, 5.41) is 55.9. The second kappa shape index (κ2) is 11.5. The number of hydrogen-bond donors (Lipinski definition) is 6. The molecule has 0 unspecified atom stereocenters. The number of allylic oxidation sites excluding steroid dienone is 2. The molecule has 0 aromatic carbocycles. The van der Waals surface area contributed by atoms with E-state index in [0.717, 1.165) is 6.42 Å². The summed E-state index contributed by atoms with van der Waals surface area (Å²) in [6, 6.07) is 0. The summed E-state index contributed by atoms with van der Waals surface area (Å²) >= 11 is 0. The molecule has 5 atom stereocenters. The third-order valence-electron chi connectivity index (χ3n) is 3.01. The predicted octanol–water partition coefficient (Wildman–Crippen LogP) is -1.93. The van der Waals surface area contributed by atoms with Crippen molar-refractivity contribution >= 4 is 5.97 Å². The molecular weight excluding hydrogens is 296 g/mol. The van der Waals surface area contributed by atoms with Crippen molar-refractivity contribution in [2.45, 2.75) is 56.7 Å². The van der Waals surface area contributed by atoms with E-state index in [-0.39, 0.29) is 6.42 Å². The van der Waals surface area contributed by atoms with E-state index in [1.54, 1.807) is 0 Å². The van der Waals surface area contributed by atoms with E-state index in [1.165, 1.54) is 0 Å². The zero-order chi connectivity index (χ0) is 17.1. The van der Waals surface area contributed by atoms with Crippen LogP contribution in [0.15, 0.2) is 12.2 Å². The van der Waals surface area contributed by atoms with E-state index in [1.807, 2.05) is 19.1 Å². The first kappa shape index (κ1) is 21.0. The molecule has 6 N–H and O–H groups in total. The van der Waals surface area contributed by atoms with Gasteiger partial charge in [-0.25, -0.2) is 0 Å². The average molecular weight is 322 g/mol. The molecular formula is C14H26O8. The summed E-state index contributed by atoms with van der Waals surface area (Å²) in [5.74, 6) is -0.572. The molecule has 22 heavy (non-hydrogen) atoms. The van der Waals surface area contributed by atoms with Gasteiger partial charge in [0.15, 0.2) is 0 Å². The van der Waals surface area contributed by atoms with Crippen molar-refractivity contribution < 1.29 is 40.2 Å². The fourth-order valence-corrected chi connectivity index (χ4v) is 1.60. The van der Waals surface area contributed by atoms with Crippen molar-refractivity contribution in [1.29, 1.82) is 0 Å². The van der Waals surface area contributed by atoms with Crippen molar-refractivity contribution in [2.75, 3.05) is 13.2 Å². The molecule has 0 amide bonds. The fourth-order valence-electron chi connectivity index (χ4n) is 1.60. The minimum Gasteiger partial charge on any atom is -0.463 e. The molecule has 130 valence electrons. The van der Waals surface area contributed by atoms with E-state index in [4.69, 9.17) is 14.9 Å². The molecule has 8 heteroatoms. The second-order valence-corrected chi connectivity index (χ2v) is 4.89. The Bertz CT molecular complexity index is 333. The number of aliphatic hydroxyl groups excluding tert-OH is 6. The zero-order valence-corrected chi connectivity index (χ0v) is 12.6. The Morgan fingerprint density at radius 1 is 1.00 bits per heavy atom. The Hall–Kier alpha value is -1.03. The van der Waals surface area contributed by atoms with Gasteiger partial charge in [-0.1, -0.05) is 19.1 Å². The van der Waals surface area contributed by atoms with Gasteiger partial charge in [0.1, 0.15) is 37.1 Å². The van der Waals surface area contributed by atoms with Gasteiger partial charge < -0.3 is 35.4 Å². The van der Waals surface area contributed by atoms with Crippen LogP contribution in [0.25, 0.3) is 0 Å². The van der Waals surface area contributed by atoms with Crippen LogP contribution in [0, 0.1) is 0 Å². The van der Waals surface area contributed by atoms with Gasteiger partial charge in [-0.3, -0.25) is 4.79 Å². The lowest BCUT2D eigenvalue weighted by molar-refractivity contribution is -0.161. The van der Waals surface area contributed by atoms with Crippen molar-refractivity contribution in [3.8, 4) is 0 Å². The summed E-state index contributed by atoms with van der Waals surface area (Å²) in [5.41, 5.74) is 0. The maximum absolute atomic E-state index is 11.4. The van der Waals surface area contributed by atoms with Crippen LogP contribution in [0.4, 0.5) is 0 Å². The van der Waals surface area contributed by atoms with Gasteiger partial charge in [-0.2, -0.15) is 0 Å². The quantitative estimate of drug-likeness (QED) is 0.190. The molecule has 0 heterocycles. The van der Waals surface area contributed by atoms with Crippen LogP contribution in [0.2, 0.25) is 0 Å². The van der Waals surface area contributed by atoms with E-state index >= 15 is 0 Å². The number of esters is 1. The Kier molecular flexibility index (Phi) is 11.0. The number of hydrogen-bond acceptors (Lipinski definition) is 8. The third kappa shape index (κ3) is 7.83. The van der Waals surface area contributed by atoms with Crippen molar-refractivity contribution in [3.05, 3.63) is 12.2 Å². The highest BCUT2D eigenvalue weighted by atomic mass is 16.5. The number of aliphatic hydroxyl groups is 6. The molecule has 0 bridgehead atoms. The molecule has 0 saturated heterocycles. The van der Waals surface area contributed by atoms with Gasteiger partial charge in [-0.05, 0) is 12.8 Å². The van der Waals surface area contributed by atoms with Crippen LogP contribution in [-0.2, 0) is 9.53 Å². The summed E-state index contributed by atoms with van der Waals surface area (Å²) in [7, 11) is 0. The van der Waals surface area contributed by atoms with Crippen LogP contribution < -0.4 is 0 Å².